The van der Waals surface area contributed by atoms with Crippen molar-refractivity contribution in [3.63, 3.8) is 0 Å². The molecule has 2 aromatic rings. The number of hydrogen-bond donors (Lipinski definition) is 2. The fourth-order valence-corrected chi connectivity index (χ4v) is 2.75. The molecule has 1 saturated heterocycles. The lowest BCUT2D eigenvalue weighted by molar-refractivity contribution is -0.126. The molecule has 0 spiro atoms. The second-order valence-electron chi connectivity index (χ2n) is 6.09. The minimum absolute atomic E-state index is 0.0569. The molecule has 1 aliphatic heterocycles. The summed E-state index contributed by atoms with van der Waals surface area (Å²) in [6, 6.07) is 9.56. The van der Waals surface area contributed by atoms with Crippen LogP contribution in [0.25, 0.3) is 11.3 Å². The van der Waals surface area contributed by atoms with Gasteiger partial charge in [-0.15, -0.1) is 0 Å². The largest absolute Gasteiger partial charge is 0.344 e. The summed E-state index contributed by atoms with van der Waals surface area (Å²) in [5.41, 5.74) is 1.97. The second-order valence-corrected chi connectivity index (χ2v) is 6.09. The van der Waals surface area contributed by atoms with Crippen molar-refractivity contribution in [2.75, 3.05) is 20.6 Å². The van der Waals surface area contributed by atoms with E-state index in [1.54, 1.807) is 30.1 Å². The van der Waals surface area contributed by atoms with Crippen LogP contribution in [-0.2, 0) is 11.3 Å². The van der Waals surface area contributed by atoms with E-state index < -0.39 is 0 Å². The zero-order valence-corrected chi connectivity index (χ0v) is 13.8. The van der Waals surface area contributed by atoms with Crippen LogP contribution in [0.1, 0.15) is 12.2 Å². The Kier molecular flexibility index (Phi) is 4.50. The standard InChI is InChI=1S/C17H21N5O2/c1-21-10-13(8-16(21)23)19-17(24)22(2)11-15-18-9-14(20-15)12-6-4-3-5-7-12/h3-7,9,13H,8,10-11H2,1-2H3,(H,18,20)(H,19,24)/t13-/m0/s1. The Morgan fingerprint density at radius 1 is 1.42 bits per heavy atom. The molecular formula is C17H21N5O2. The van der Waals surface area contributed by atoms with Gasteiger partial charge in [-0.25, -0.2) is 9.78 Å². The Bertz CT molecular complexity index is 728. The summed E-state index contributed by atoms with van der Waals surface area (Å²) >= 11 is 0. The van der Waals surface area contributed by atoms with Gasteiger partial charge in [0, 0.05) is 27.1 Å². The highest BCUT2D eigenvalue weighted by molar-refractivity contribution is 5.81. The Morgan fingerprint density at radius 3 is 2.83 bits per heavy atom. The SMILES string of the molecule is CN1C[C@@H](NC(=O)N(C)Cc2ncc(-c3ccccc3)[nH]2)CC1=O. The van der Waals surface area contributed by atoms with E-state index in [0.29, 0.717) is 25.3 Å². The highest BCUT2D eigenvalue weighted by Gasteiger charge is 2.28. The zero-order chi connectivity index (χ0) is 17.1. The first-order valence-electron chi connectivity index (χ1n) is 7.88. The summed E-state index contributed by atoms with van der Waals surface area (Å²) in [7, 11) is 3.45. The Hall–Kier alpha value is -2.83. The van der Waals surface area contributed by atoms with E-state index in [0.717, 1.165) is 11.3 Å². The fraction of sp³-hybridized carbons (Fsp3) is 0.353. The summed E-state index contributed by atoms with van der Waals surface area (Å²) in [6.45, 7) is 0.923. The van der Waals surface area contributed by atoms with Gasteiger partial charge in [0.05, 0.1) is 24.5 Å². The number of hydrogen-bond acceptors (Lipinski definition) is 3. The average Bonchev–Trinajstić information content (AvgIpc) is 3.15. The molecule has 3 rings (SSSR count). The number of carbonyl (C=O) groups is 2. The monoisotopic (exact) mass is 327 g/mol. The molecule has 3 amide bonds. The van der Waals surface area contributed by atoms with Gasteiger partial charge in [0.15, 0.2) is 0 Å². The molecule has 7 heteroatoms. The summed E-state index contributed by atoms with van der Waals surface area (Å²) < 4.78 is 0. The minimum atomic E-state index is -0.208. The van der Waals surface area contributed by atoms with Crippen LogP contribution < -0.4 is 5.32 Å². The van der Waals surface area contributed by atoms with Crippen LogP contribution in [0, 0.1) is 0 Å². The van der Waals surface area contributed by atoms with Crippen LogP contribution in [-0.4, -0.2) is 58.4 Å². The van der Waals surface area contributed by atoms with E-state index in [1.807, 2.05) is 30.3 Å². The topological polar surface area (TPSA) is 81.3 Å². The van der Waals surface area contributed by atoms with Gasteiger partial charge in [-0.1, -0.05) is 30.3 Å². The molecule has 1 aromatic carbocycles. The summed E-state index contributed by atoms with van der Waals surface area (Å²) in [4.78, 5) is 34.5. The molecule has 126 valence electrons. The lowest BCUT2D eigenvalue weighted by atomic mass is 10.2. The van der Waals surface area contributed by atoms with Gasteiger partial charge in [-0.05, 0) is 5.56 Å². The van der Waals surface area contributed by atoms with E-state index >= 15 is 0 Å². The normalized spacial score (nSPS) is 17.2. The molecule has 2 N–H and O–H groups in total. The molecule has 2 heterocycles. The summed E-state index contributed by atoms with van der Waals surface area (Å²) in [5.74, 6) is 0.771. The van der Waals surface area contributed by atoms with Crippen LogP contribution in [0.5, 0.6) is 0 Å². The number of aromatic amines is 1. The van der Waals surface area contributed by atoms with Gasteiger partial charge in [-0.3, -0.25) is 4.79 Å². The number of nitrogens with one attached hydrogen (secondary N) is 2. The molecule has 1 aliphatic rings. The Morgan fingerprint density at radius 2 is 2.17 bits per heavy atom. The van der Waals surface area contributed by atoms with Crippen LogP contribution in [0.2, 0.25) is 0 Å². The fourth-order valence-electron chi connectivity index (χ4n) is 2.75. The Labute approximate surface area is 140 Å². The Balaban J connectivity index is 1.57. The van der Waals surface area contributed by atoms with Gasteiger partial charge in [0.2, 0.25) is 5.91 Å². The van der Waals surface area contributed by atoms with E-state index in [-0.39, 0.29) is 18.0 Å². The van der Waals surface area contributed by atoms with Crippen molar-refractivity contribution < 1.29 is 9.59 Å². The van der Waals surface area contributed by atoms with Crippen molar-refractivity contribution in [1.82, 2.24) is 25.1 Å². The van der Waals surface area contributed by atoms with Crippen LogP contribution >= 0.6 is 0 Å². The third kappa shape index (κ3) is 3.56. The van der Waals surface area contributed by atoms with Crippen molar-refractivity contribution in [1.29, 1.82) is 0 Å². The molecule has 0 bridgehead atoms. The highest BCUT2D eigenvalue weighted by Crippen LogP contribution is 2.16. The van der Waals surface area contributed by atoms with E-state index in [4.69, 9.17) is 0 Å². The number of urea groups is 1. The van der Waals surface area contributed by atoms with Gasteiger partial charge in [-0.2, -0.15) is 0 Å². The number of likely N-dealkylation sites (N-methyl/N-ethyl adjacent to an activating group) is 1. The number of imidazole rings is 1. The molecule has 1 atom stereocenters. The lowest BCUT2D eigenvalue weighted by Crippen LogP contribution is -2.43. The quantitative estimate of drug-likeness (QED) is 0.892. The maximum absolute atomic E-state index is 12.2. The maximum Gasteiger partial charge on any atom is 0.317 e. The van der Waals surface area contributed by atoms with Crippen molar-refractivity contribution in [2.45, 2.75) is 19.0 Å². The van der Waals surface area contributed by atoms with Crippen molar-refractivity contribution in [3.05, 3.63) is 42.4 Å². The number of nitrogens with zero attached hydrogens (tertiary/aromatic N) is 3. The number of likely N-dealkylation sites (tertiary alicyclic amines) is 1. The number of carbonyl (C=O) groups excluding carboxylic acids is 2. The first-order valence-corrected chi connectivity index (χ1v) is 7.88. The lowest BCUT2D eigenvalue weighted by Gasteiger charge is -2.19. The van der Waals surface area contributed by atoms with Gasteiger partial charge >= 0.3 is 6.03 Å². The molecule has 0 radical (unpaired) electrons. The molecule has 1 aromatic heterocycles. The highest BCUT2D eigenvalue weighted by atomic mass is 16.2. The molecular weight excluding hydrogens is 306 g/mol. The third-order valence-corrected chi connectivity index (χ3v) is 4.12. The van der Waals surface area contributed by atoms with Crippen molar-refractivity contribution in [3.8, 4) is 11.3 Å². The number of aromatic nitrogens is 2. The van der Waals surface area contributed by atoms with E-state index in [2.05, 4.69) is 15.3 Å². The van der Waals surface area contributed by atoms with Crippen LogP contribution in [0.3, 0.4) is 0 Å². The molecule has 0 aliphatic carbocycles. The number of benzene rings is 1. The molecule has 7 nitrogen and oxygen atoms in total. The maximum atomic E-state index is 12.2. The van der Waals surface area contributed by atoms with Gasteiger partial charge in [0.1, 0.15) is 5.82 Å². The minimum Gasteiger partial charge on any atom is -0.344 e. The van der Waals surface area contributed by atoms with Crippen molar-refractivity contribution >= 4 is 11.9 Å². The summed E-state index contributed by atoms with van der Waals surface area (Å²) in [6.07, 6.45) is 2.12. The van der Waals surface area contributed by atoms with Crippen molar-refractivity contribution in [2.24, 2.45) is 0 Å². The van der Waals surface area contributed by atoms with Crippen LogP contribution in [0.4, 0.5) is 4.79 Å². The first kappa shape index (κ1) is 16.0. The predicted molar refractivity (Wildman–Crippen MR) is 90.1 cm³/mol. The molecule has 24 heavy (non-hydrogen) atoms. The molecule has 0 saturated carbocycles. The zero-order valence-electron chi connectivity index (χ0n) is 13.8. The summed E-state index contributed by atoms with van der Waals surface area (Å²) in [5, 5.41) is 2.88. The predicted octanol–water partition coefficient (Wildman–Crippen LogP) is 1.45. The molecule has 1 fully saturated rings. The first-order chi connectivity index (χ1) is 11.5. The number of H-pyrrole nitrogens is 1. The number of rotatable bonds is 4. The van der Waals surface area contributed by atoms with Gasteiger partial charge in [0.25, 0.3) is 0 Å². The van der Waals surface area contributed by atoms with E-state index in [1.165, 1.54) is 0 Å². The second kappa shape index (κ2) is 6.74. The van der Waals surface area contributed by atoms with Gasteiger partial charge < -0.3 is 20.1 Å². The average molecular weight is 327 g/mol. The van der Waals surface area contributed by atoms with E-state index in [9.17, 15) is 9.59 Å². The smallest absolute Gasteiger partial charge is 0.317 e. The molecule has 0 unspecified atom stereocenters. The van der Waals surface area contributed by atoms with Crippen LogP contribution in [0.15, 0.2) is 36.5 Å². The third-order valence-electron chi connectivity index (χ3n) is 4.12. The number of amides is 3.